The third kappa shape index (κ3) is 9.11. The Morgan fingerprint density at radius 2 is 1.71 bits per heavy atom. The van der Waals surface area contributed by atoms with Gasteiger partial charge in [-0.25, -0.2) is 0 Å². The van der Waals surface area contributed by atoms with Gasteiger partial charge in [-0.3, -0.25) is 0 Å². The summed E-state index contributed by atoms with van der Waals surface area (Å²) >= 11 is 0. The average Bonchev–Trinajstić information content (AvgIpc) is 2.70. The molecule has 1 rings (SSSR count). The van der Waals surface area contributed by atoms with Crippen molar-refractivity contribution in [3.8, 4) is 11.5 Å². The van der Waals surface area contributed by atoms with Crippen LogP contribution in [0.25, 0.3) is 0 Å². The van der Waals surface area contributed by atoms with Gasteiger partial charge in [0.15, 0.2) is 11.5 Å². The Hall–Kier alpha value is -1.52. The van der Waals surface area contributed by atoms with Crippen molar-refractivity contribution in [1.29, 1.82) is 0 Å². The van der Waals surface area contributed by atoms with Crippen LogP contribution in [0.15, 0.2) is 24.8 Å². The number of allylic oxidation sites excluding steroid dienone is 1. The fourth-order valence-corrected chi connectivity index (χ4v) is 3.35. The third-order valence-corrected chi connectivity index (χ3v) is 4.88. The van der Waals surface area contributed by atoms with Crippen LogP contribution < -0.4 is 14.8 Å². The second-order valence-electron chi connectivity index (χ2n) is 7.29. The maximum absolute atomic E-state index is 5.80. The van der Waals surface area contributed by atoms with Gasteiger partial charge in [-0.2, -0.15) is 0 Å². The van der Waals surface area contributed by atoms with E-state index in [0.29, 0.717) is 6.61 Å². The van der Waals surface area contributed by atoms with Crippen LogP contribution in [0.3, 0.4) is 0 Å². The van der Waals surface area contributed by atoms with Crippen molar-refractivity contribution in [2.45, 2.75) is 65.8 Å². The summed E-state index contributed by atoms with van der Waals surface area (Å²) in [6.07, 6.45) is 9.02. The highest BCUT2D eigenvalue weighted by Gasteiger charge is 2.12. The molecule has 0 fully saturated rings. The number of hydrogen-bond donors (Lipinski definition) is 1. The summed E-state index contributed by atoms with van der Waals surface area (Å²) in [5.41, 5.74) is 2.37. The van der Waals surface area contributed by atoms with Crippen molar-refractivity contribution in [3.63, 3.8) is 0 Å². The van der Waals surface area contributed by atoms with Crippen LogP contribution >= 0.6 is 0 Å². The highest BCUT2D eigenvalue weighted by molar-refractivity contribution is 5.50. The zero-order valence-corrected chi connectivity index (χ0v) is 18.7. The van der Waals surface area contributed by atoms with Crippen molar-refractivity contribution >= 4 is 0 Å². The van der Waals surface area contributed by atoms with E-state index in [-0.39, 0.29) is 0 Å². The molecule has 0 radical (unpaired) electrons. The molecule has 0 saturated heterocycles. The molecule has 0 unspecified atom stereocenters. The average molecular weight is 391 g/mol. The van der Waals surface area contributed by atoms with Crippen molar-refractivity contribution in [2.24, 2.45) is 0 Å². The molecule has 1 N–H and O–H groups in total. The van der Waals surface area contributed by atoms with Crippen LogP contribution in [0.5, 0.6) is 11.5 Å². The van der Waals surface area contributed by atoms with E-state index >= 15 is 0 Å². The highest BCUT2D eigenvalue weighted by Crippen LogP contribution is 2.33. The first-order valence-corrected chi connectivity index (χ1v) is 11.1. The molecule has 0 aliphatic rings. The lowest BCUT2D eigenvalue weighted by Crippen LogP contribution is -2.29. The zero-order chi connectivity index (χ0) is 20.6. The first-order valence-electron chi connectivity index (χ1n) is 11.1. The van der Waals surface area contributed by atoms with Gasteiger partial charge < -0.3 is 19.7 Å². The van der Waals surface area contributed by atoms with E-state index in [1.165, 1.54) is 57.3 Å². The van der Waals surface area contributed by atoms with E-state index in [9.17, 15) is 0 Å². The highest BCUT2D eigenvalue weighted by atomic mass is 16.5. The van der Waals surface area contributed by atoms with Gasteiger partial charge >= 0.3 is 0 Å². The Balaban J connectivity index is 2.54. The molecule has 1 aromatic carbocycles. The molecule has 0 saturated carbocycles. The summed E-state index contributed by atoms with van der Waals surface area (Å²) in [6, 6.07) is 4.29. The standard InChI is InChI=1S/C24H42N2O2/c1-6-10-15-26(16-11-7-2)17-12-14-25-20-21-18-22(13-8-3)24(28-9-4)23(19-21)27-5/h8,18-19,25H,3,6-7,9-17,20H2,1-2,4-5H3. The normalized spacial score (nSPS) is 11.0. The van der Waals surface area contributed by atoms with Gasteiger partial charge in [0.25, 0.3) is 0 Å². The summed E-state index contributed by atoms with van der Waals surface area (Å²) in [5, 5.41) is 3.59. The first kappa shape index (κ1) is 24.5. The molecule has 1 aromatic rings. The Morgan fingerprint density at radius 3 is 2.29 bits per heavy atom. The van der Waals surface area contributed by atoms with Gasteiger partial charge in [0.1, 0.15) is 0 Å². The lowest BCUT2D eigenvalue weighted by Gasteiger charge is -2.22. The largest absolute Gasteiger partial charge is 0.493 e. The molecule has 4 heteroatoms. The number of hydrogen-bond acceptors (Lipinski definition) is 4. The minimum absolute atomic E-state index is 0.630. The maximum atomic E-state index is 5.80. The number of benzene rings is 1. The SMILES string of the molecule is C=CCc1cc(CNCCCN(CCCC)CCCC)cc(OC)c1OCC. The number of rotatable bonds is 17. The number of unbranched alkanes of at least 4 members (excludes halogenated alkanes) is 2. The molecule has 0 bridgehead atoms. The molecule has 28 heavy (non-hydrogen) atoms. The zero-order valence-electron chi connectivity index (χ0n) is 18.7. The fourth-order valence-electron chi connectivity index (χ4n) is 3.35. The quantitative estimate of drug-likeness (QED) is 0.293. The number of ether oxygens (including phenoxy) is 2. The van der Waals surface area contributed by atoms with Crippen molar-refractivity contribution in [1.82, 2.24) is 10.2 Å². The van der Waals surface area contributed by atoms with Crippen LogP contribution in [0.2, 0.25) is 0 Å². The molecule has 0 atom stereocenters. The van der Waals surface area contributed by atoms with Crippen LogP contribution in [-0.2, 0) is 13.0 Å². The summed E-state index contributed by atoms with van der Waals surface area (Å²) in [4.78, 5) is 2.62. The van der Waals surface area contributed by atoms with Gasteiger partial charge in [-0.1, -0.05) is 38.8 Å². The molecule has 0 spiro atoms. The number of nitrogens with zero attached hydrogens (tertiary/aromatic N) is 1. The monoisotopic (exact) mass is 390 g/mol. The Kier molecular flexibility index (Phi) is 13.5. The molecular weight excluding hydrogens is 348 g/mol. The van der Waals surface area contributed by atoms with Crippen LogP contribution in [0.4, 0.5) is 0 Å². The van der Waals surface area contributed by atoms with Gasteiger partial charge in [0, 0.05) is 12.1 Å². The summed E-state index contributed by atoms with van der Waals surface area (Å²) in [5.74, 6) is 1.65. The summed E-state index contributed by atoms with van der Waals surface area (Å²) < 4.78 is 11.4. The summed E-state index contributed by atoms with van der Waals surface area (Å²) in [6.45, 7) is 16.6. The van der Waals surface area contributed by atoms with E-state index in [1.807, 2.05) is 13.0 Å². The van der Waals surface area contributed by atoms with Crippen molar-refractivity contribution < 1.29 is 9.47 Å². The van der Waals surface area contributed by atoms with E-state index in [2.05, 4.69) is 42.8 Å². The minimum Gasteiger partial charge on any atom is -0.493 e. The van der Waals surface area contributed by atoms with E-state index in [4.69, 9.17) is 9.47 Å². The van der Waals surface area contributed by atoms with Crippen molar-refractivity contribution in [3.05, 3.63) is 35.9 Å². The minimum atomic E-state index is 0.630. The smallest absolute Gasteiger partial charge is 0.164 e. The molecule has 0 amide bonds. The van der Waals surface area contributed by atoms with Crippen LogP contribution in [0.1, 0.15) is 64.0 Å². The maximum Gasteiger partial charge on any atom is 0.164 e. The van der Waals surface area contributed by atoms with Crippen LogP contribution in [-0.4, -0.2) is 44.8 Å². The van der Waals surface area contributed by atoms with E-state index < -0.39 is 0 Å². The second kappa shape index (κ2) is 15.4. The lowest BCUT2D eigenvalue weighted by molar-refractivity contribution is 0.261. The topological polar surface area (TPSA) is 33.7 Å². The van der Waals surface area contributed by atoms with E-state index in [0.717, 1.165) is 36.6 Å². The van der Waals surface area contributed by atoms with Gasteiger partial charge in [0.2, 0.25) is 0 Å². The lowest BCUT2D eigenvalue weighted by atomic mass is 10.1. The molecule has 0 aromatic heterocycles. The van der Waals surface area contributed by atoms with E-state index in [1.54, 1.807) is 7.11 Å². The molecule has 4 nitrogen and oxygen atoms in total. The molecule has 0 heterocycles. The molecule has 160 valence electrons. The molecule has 0 aliphatic carbocycles. The summed E-state index contributed by atoms with van der Waals surface area (Å²) in [7, 11) is 1.70. The van der Waals surface area contributed by atoms with Gasteiger partial charge in [-0.05, 0) is 70.4 Å². The first-order chi connectivity index (χ1) is 13.7. The predicted molar refractivity (Wildman–Crippen MR) is 121 cm³/mol. The van der Waals surface area contributed by atoms with Crippen LogP contribution in [0, 0.1) is 0 Å². The number of methoxy groups -OCH3 is 1. The Morgan fingerprint density at radius 1 is 1.04 bits per heavy atom. The van der Waals surface area contributed by atoms with Gasteiger partial charge in [-0.15, -0.1) is 6.58 Å². The molecular formula is C24H42N2O2. The second-order valence-corrected chi connectivity index (χ2v) is 7.29. The number of nitrogens with one attached hydrogen (secondary N) is 1. The third-order valence-electron chi connectivity index (χ3n) is 4.88. The Bertz CT molecular complexity index is 538. The predicted octanol–water partition coefficient (Wildman–Crippen LogP) is 5.20. The fraction of sp³-hybridized carbons (Fsp3) is 0.667. The molecule has 0 aliphatic heterocycles. The van der Waals surface area contributed by atoms with Gasteiger partial charge in [0.05, 0.1) is 13.7 Å². The Labute approximate surface area is 173 Å². The van der Waals surface area contributed by atoms with Crippen molar-refractivity contribution in [2.75, 3.05) is 39.9 Å².